The third-order valence-electron chi connectivity index (χ3n) is 2.12. The van der Waals surface area contributed by atoms with E-state index in [1.165, 1.54) is 13.2 Å². The van der Waals surface area contributed by atoms with Crippen LogP contribution in [-0.4, -0.2) is 13.4 Å². The van der Waals surface area contributed by atoms with Gasteiger partial charge in [0, 0.05) is 12.0 Å². The quantitative estimate of drug-likeness (QED) is 0.704. The molecule has 2 nitrogen and oxygen atoms in total. The van der Waals surface area contributed by atoms with Crippen LogP contribution in [0.25, 0.3) is 0 Å². The summed E-state index contributed by atoms with van der Waals surface area (Å²) in [6.07, 6.45) is -1.22. The van der Waals surface area contributed by atoms with Gasteiger partial charge in [-0.2, -0.15) is 0 Å². The Hall–Kier alpha value is -1.45. The van der Waals surface area contributed by atoms with Gasteiger partial charge in [0.1, 0.15) is 12.0 Å². The van der Waals surface area contributed by atoms with Gasteiger partial charge in [-0.3, -0.25) is 0 Å². The van der Waals surface area contributed by atoms with Crippen molar-refractivity contribution < 1.29 is 18.3 Å². The molecule has 0 fully saturated rings. The number of methoxy groups -OCH3 is 1. The van der Waals surface area contributed by atoms with Crippen LogP contribution in [0.5, 0.6) is 5.75 Å². The summed E-state index contributed by atoms with van der Waals surface area (Å²) in [4.78, 5) is 10.2. The molecule has 1 aromatic rings. The Bertz CT molecular complexity index is 337. The van der Waals surface area contributed by atoms with Gasteiger partial charge in [-0.25, -0.2) is 8.78 Å². The topological polar surface area (TPSA) is 26.3 Å². The van der Waals surface area contributed by atoms with E-state index in [0.717, 1.165) is 6.29 Å². The number of aldehydes is 1. The van der Waals surface area contributed by atoms with E-state index >= 15 is 0 Å². The van der Waals surface area contributed by atoms with E-state index in [1.54, 1.807) is 12.1 Å². The molecule has 4 heteroatoms. The van der Waals surface area contributed by atoms with E-state index < -0.39 is 6.43 Å². The number of carbonyl (C=O) groups is 1. The van der Waals surface area contributed by atoms with Crippen LogP contribution in [0.3, 0.4) is 0 Å². The molecular weight excluding hydrogens is 202 g/mol. The highest BCUT2D eigenvalue weighted by atomic mass is 19.3. The molecule has 0 saturated carbocycles. The van der Waals surface area contributed by atoms with Gasteiger partial charge in [0.05, 0.1) is 7.11 Å². The molecule has 0 atom stereocenters. The molecule has 0 heterocycles. The van der Waals surface area contributed by atoms with Crippen LogP contribution in [0.15, 0.2) is 18.2 Å². The van der Waals surface area contributed by atoms with Crippen LogP contribution in [0.4, 0.5) is 8.78 Å². The van der Waals surface area contributed by atoms with Gasteiger partial charge < -0.3 is 9.53 Å². The minimum atomic E-state index is -2.54. The number of carbonyl (C=O) groups excluding carboxylic acids is 1. The number of hydrogen-bond acceptors (Lipinski definition) is 2. The number of benzene rings is 1. The maximum atomic E-state index is 12.6. The normalized spacial score (nSPS) is 10.4. The Balaban J connectivity index is 2.98. The Labute approximate surface area is 86.9 Å². The summed E-state index contributed by atoms with van der Waals surface area (Å²) in [7, 11) is 1.43. The summed E-state index contributed by atoms with van der Waals surface area (Å²) < 4.78 is 30.1. The third-order valence-corrected chi connectivity index (χ3v) is 2.12. The van der Waals surface area contributed by atoms with Crippen molar-refractivity contribution in [1.29, 1.82) is 0 Å². The van der Waals surface area contributed by atoms with Crippen LogP contribution in [0.2, 0.25) is 0 Å². The van der Waals surface area contributed by atoms with Gasteiger partial charge in [-0.1, -0.05) is 6.07 Å². The fourth-order valence-electron chi connectivity index (χ4n) is 1.35. The van der Waals surface area contributed by atoms with E-state index in [1.807, 2.05) is 0 Å². The molecule has 1 rings (SSSR count). The molecule has 0 bridgehead atoms. The van der Waals surface area contributed by atoms with Crippen molar-refractivity contribution in [3.63, 3.8) is 0 Å². The molecule has 0 aliphatic heterocycles. The maximum Gasteiger partial charge on any atom is 0.264 e. The lowest BCUT2D eigenvalue weighted by atomic mass is 10.0. The molecule has 0 N–H and O–H groups in total. The lowest BCUT2D eigenvalue weighted by Crippen LogP contribution is -1.97. The number of halogens is 2. The highest BCUT2D eigenvalue weighted by molar-refractivity contribution is 5.50. The molecule has 1 aromatic carbocycles. The van der Waals surface area contributed by atoms with Crippen LogP contribution >= 0.6 is 0 Å². The molecule has 15 heavy (non-hydrogen) atoms. The second-order valence-corrected chi connectivity index (χ2v) is 3.07. The summed E-state index contributed by atoms with van der Waals surface area (Å²) in [5, 5.41) is 0. The minimum absolute atomic E-state index is 0.0591. The predicted molar refractivity (Wildman–Crippen MR) is 52.3 cm³/mol. The number of alkyl halides is 2. The van der Waals surface area contributed by atoms with Crippen LogP contribution < -0.4 is 4.74 Å². The first-order chi connectivity index (χ1) is 7.19. The van der Waals surface area contributed by atoms with Crippen LogP contribution in [0, 0.1) is 0 Å². The van der Waals surface area contributed by atoms with Crippen LogP contribution in [0.1, 0.15) is 24.0 Å². The lowest BCUT2D eigenvalue weighted by molar-refractivity contribution is -0.107. The second-order valence-electron chi connectivity index (χ2n) is 3.07. The van der Waals surface area contributed by atoms with Gasteiger partial charge >= 0.3 is 0 Å². The molecule has 0 radical (unpaired) electrons. The minimum Gasteiger partial charge on any atom is -0.497 e. The molecule has 0 aliphatic carbocycles. The van der Waals surface area contributed by atoms with Crippen molar-refractivity contribution in [2.24, 2.45) is 0 Å². The summed E-state index contributed by atoms with van der Waals surface area (Å²) in [6, 6.07) is 4.50. The van der Waals surface area contributed by atoms with Crippen molar-refractivity contribution in [3.8, 4) is 5.75 Å². The van der Waals surface area contributed by atoms with Gasteiger partial charge in [0.15, 0.2) is 0 Å². The SMILES string of the molecule is COc1ccc(CCC=O)c(C(F)F)c1. The molecule has 0 spiro atoms. The first-order valence-corrected chi connectivity index (χ1v) is 4.57. The van der Waals surface area contributed by atoms with E-state index in [2.05, 4.69) is 0 Å². The highest BCUT2D eigenvalue weighted by Crippen LogP contribution is 2.27. The number of hydrogen-bond donors (Lipinski definition) is 0. The molecular formula is C11H12F2O2. The lowest BCUT2D eigenvalue weighted by Gasteiger charge is -2.09. The molecule has 0 saturated heterocycles. The average molecular weight is 214 g/mol. The van der Waals surface area contributed by atoms with E-state index in [0.29, 0.717) is 17.7 Å². The van der Waals surface area contributed by atoms with Crippen molar-refractivity contribution in [2.75, 3.05) is 7.11 Å². The third kappa shape index (κ3) is 3.01. The zero-order valence-corrected chi connectivity index (χ0v) is 8.37. The Kier molecular flexibility index (Phi) is 4.21. The smallest absolute Gasteiger partial charge is 0.264 e. The first-order valence-electron chi connectivity index (χ1n) is 4.57. The van der Waals surface area contributed by atoms with Gasteiger partial charge in [-0.05, 0) is 24.1 Å². The highest BCUT2D eigenvalue weighted by Gasteiger charge is 2.13. The maximum absolute atomic E-state index is 12.6. The fourth-order valence-corrected chi connectivity index (χ4v) is 1.35. The summed E-state index contributed by atoms with van der Waals surface area (Å²) in [5.74, 6) is 0.403. The molecule has 0 aliphatic rings. The molecule has 0 unspecified atom stereocenters. The van der Waals surface area contributed by atoms with E-state index in [-0.39, 0.29) is 12.0 Å². The zero-order valence-electron chi connectivity index (χ0n) is 8.37. The summed E-state index contributed by atoms with van der Waals surface area (Å²) in [6.45, 7) is 0. The predicted octanol–water partition coefficient (Wildman–Crippen LogP) is 2.76. The van der Waals surface area contributed by atoms with Gasteiger partial charge in [-0.15, -0.1) is 0 Å². The Morgan fingerprint density at radius 2 is 2.20 bits per heavy atom. The van der Waals surface area contributed by atoms with Crippen molar-refractivity contribution in [2.45, 2.75) is 19.3 Å². The Morgan fingerprint density at radius 1 is 1.47 bits per heavy atom. The molecule has 82 valence electrons. The van der Waals surface area contributed by atoms with Crippen molar-refractivity contribution in [1.82, 2.24) is 0 Å². The van der Waals surface area contributed by atoms with Gasteiger partial charge in [0.2, 0.25) is 0 Å². The van der Waals surface area contributed by atoms with E-state index in [4.69, 9.17) is 4.74 Å². The summed E-state index contributed by atoms with van der Waals surface area (Å²) >= 11 is 0. The average Bonchev–Trinajstić information content (AvgIpc) is 2.26. The number of rotatable bonds is 5. The zero-order chi connectivity index (χ0) is 11.3. The summed E-state index contributed by atoms with van der Waals surface area (Å²) in [5.41, 5.74) is 0.439. The first kappa shape index (κ1) is 11.6. The number of aryl methyl sites for hydroxylation is 1. The largest absolute Gasteiger partial charge is 0.497 e. The van der Waals surface area contributed by atoms with E-state index in [9.17, 15) is 13.6 Å². The molecule has 0 aromatic heterocycles. The van der Waals surface area contributed by atoms with Gasteiger partial charge in [0.25, 0.3) is 6.43 Å². The standard InChI is InChI=1S/C11H12F2O2/c1-15-9-5-4-8(3-2-6-14)10(7-9)11(12)13/h4-7,11H,2-3H2,1H3. The Morgan fingerprint density at radius 3 is 2.73 bits per heavy atom. The van der Waals surface area contributed by atoms with Crippen molar-refractivity contribution in [3.05, 3.63) is 29.3 Å². The second kappa shape index (κ2) is 5.44. The fraction of sp³-hybridized carbons (Fsp3) is 0.364. The molecule has 0 amide bonds. The number of ether oxygens (including phenoxy) is 1. The van der Waals surface area contributed by atoms with Crippen LogP contribution in [-0.2, 0) is 11.2 Å². The monoisotopic (exact) mass is 214 g/mol. The van der Waals surface area contributed by atoms with Crippen molar-refractivity contribution >= 4 is 6.29 Å².